The van der Waals surface area contributed by atoms with E-state index in [0.29, 0.717) is 11.7 Å². The predicted molar refractivity (Wildman–Crippen MR) is 35.0 cm³/mol. The van der Waals surface area contributed by atoms with Crippen LogP contribution in [0.1, 0.15) is 25.7 Å². The van der Waals surface area contributed by atoms with Gasteiger partial charge in [-0.05, 0) is 19.3 Å². The first-order valence-corrected chi connectivity index (χ1v) is 3.59. The van der Waals surface area contributed by atoms with E-state index in [-0.39, 0.29) is 0 Å². The maximum Gasteiger partial charge on any atom is 0.140 e. The normalized spacial score (nSPS) is 32.7. The molecular weight excluding hydrogens is 112 g/mol. The summed E-state index contributed by atoms with van der Waals surface area (Å²) in [6.07, 6.45) is 6.37. The van der Waals surface area contributed by atoms with Gasteiger partial charge < -0.3 is 0 Å². The zero-order valence-corrected chi connectivity index (χ0v) is 5.39. The third-order valence-corrected chi connectivity index (χ3v) is 2.36. The van der Waals surface area contributed by atoms with Crippen LogP contribution in [0.25, 0.3) is 0 Å². The van der Waals surface area contributed by atoms with Crippen LogP contribution in [-0.4, -0.2) is 5.78 Å². The van der Waals surface area contributed by atoms with Crippen molar-refractivity contribution in [2.75, 3.05) is 0 Å². The van der Waals surface area contributed by atoms with Crippen LogP contribution >= 0.6 is 0 Å². The van der Waals surface area contributed by atoms with Gasteiger partial charge in [0, 0.05) is 12.3 Å². The molecule has 0 heterocycles. The Kier molecular flexibility index (Phi) is 0.981. The highest BCUT2D eigenvalue weighted by Crippen LogP contribution is 2.36. The number of hydrogen-bond donors (Lipinski definition) is 0. The second kappa shape index (κ2) is 1.69. The van der Waals surface area contributed by atoms with E-state index in [1.54, 1.807) is 0 Å². The molecule has 9 heavy (non-hydrogen) atoms. The van der Waals surface area contributed by atoms with E-state index in [0.717, 1.165) is 25.7 Å². The van der Waals surface area contributed by atoms with Gasteiger partial charge in [-0.25, -0.2) is 0 Å². The van der Waals surface area contributed by atoms with E-state index in [2.05, 4.69) is 6.08 Å². The molecule has 0 aromatic carbocycles. The largest absolute Gasteiger partial charge is 0.299 e. The van der Waals surface area contributed by atoms with Crippen LogP contribution in [-0.2, 0) is 4.79 Å². The number of carbonyl (C=O) groups is 1. The Morgan fingerprint density at radius 3 is 3.11 bits per heavy atom. The molecule has 0 N–H and O–H groups in total. The molecule has 1 fully saturated rings. The molecule has 0 radical (unpaired) electrons. The van der Waals surface area contributed by atoms with Crippen LogP contribution in [0.5, 0.6) is 0 Å². The lowest BCUT2D eigenvalue weighted by molar-refractivity contribution is -0.120. The maximum atomic E-state index is 11.0. The number of ketones is 1. The summed E-state index contributed by atoms with van der Waals surface area (Å²) in [4.78, 5) is 11.0. The minimum absolute atomic E-state index is 0.366. The number of allylic oxidation sites excluding steroid dienone is 2. The Bertz CT molecular complexity index is 179. The fraction of sp³-hybridized carbons (Fsp3) is 0.625. The van der Waals surface area contributed by atoms with E-state index in [4.69, 9.17) is 0 Å². The second-order valence-corrected chi connectivity index (χ2v) is 2.88. The fourth-order valence-electron chi connectivity index (χ4n) is 1.85. The number of hydrogen-bond acceptors (Lipinski definition) is 1. The van der Waals surface area contributed by atoms with Crippen LogP contribution in [0.15, 0.2) is 11.6 Å². The van der Waals surface area contributed by atoms with Crippen molar-refractivity contribution in [1.29, 1.82) is 0 Å². The van der Waals surface area contributed by atoms with Gasteiger partial charge in [0.2, 0.25) is 0 Å². The average molecular weight is 122 g/mol. The Balaban J connectivity index is 2.29. The molecule has 0 aromatic heterocycles. The Hall–Kier alpha value is -0.590. The third-order valence-electron chi connectivity index (χ3n) is 2.36. The molecular formula is C8H10O. The van der Waals surface area contributed by atoms with Crippen LogP contribution in [0, 0.1) is 5.92 Å². The van der Waals surface area contributed by atoms with Crippen LogP contribution < -0.4 is 0 Å². The fourth-order valence-corrected chi connectivity index (χ4v) is 1.85. The van der Waals surface area contributed by atoms with E-state index in [1.807, 2.05) is 0 Å². The summed E-state index contributed by atoms with van der Waals surface area (Å²) in [5, 5.41) is 0. The summed E-state index contributed by atoms with van der Waals surface area (Å²) in [6.45, 7) is 0. The van der Waals surface area contributed by atoms with Gasteiger partial charge in [-0.15, -0.1) is 0 Å². The number of carbonyl (C=O) groups excluding carboxylic acids is 1. The Morgan fingerprint density at radius 1 is 1.44 bits per heavy atom. The van der Waals surface area contributed by atoms with E-state index in [9.17, 15) is 4.79 Å². The molecule has 0 amide bonds. The van der Waals surface area contributed by atoms with Crippen LogP contribution in [0.4, 0.5) is 0 Å². The molecule has 2 rings (SSSR count). The summed E-state index contributed by atoms with van der Waals surface area (Å²) in [6, 6.07) is 0. The predicted octanol–water partition coefficient (Wildman–Crippen LogP) is 1.69. The van der Waals surface area contributed by atoms with Gasteiger partial charge >= 0.3 is 0 Å². The van der Waals surface area contributed by atoms with Crippen molar-refractivity contribution in [3.8, 4) is 0 Å². The van der Waals surface area contributed by atoms with Crippen LogP contribution in [0.3, 0.4) is 0 Å². The van der Waals surface area contributed by atoms with Crippen molar-refractivity contribution in [3.05, 3.63) is 11.6 Å². The van der Waals surface area contributed by atoms with Crippen molar-refractivity contribution in [1.82, 2.24) is 0 Å². The van der Waals surface area contributed by atoms with Gasteiger partial charge in [0.25, 0.3) is 0 Å². The summed E-state index contributed by atoms with van der Waals surface area (Å²) in [7, 11) is 0. The highest BCUT2D eigenvalue weighted by atomic mass is 16.1. The van der Waals surface area contributed by atoms with E-state index in [1.165, 1.54) is 5.57 Å². The van der Waals surface area contributed by atoms with Crippen molar-refractivity contribution < 1.29 is 4.79 Å². The Morgan fingerprint density at radius 2 is 2.33 bits per heavy atom. The molecule has 0 bridgehead atoms. The molecule has 48 valence electrons. The minimum Gasteiger partial charge on any atom is -0.299 e. The molecule has 0 aliphatic heterocycles. The van der Waals surface area contributed by atoms with E-state index < -0.39 is 0 Å². The van der Waals surface area contributed by atoms with Gasteiger partial charge in [0.1, 0.15) is 5.78 Å². The molecule has 2 aliphatic carbocycles. The number of Topliss-reactive ketones (excluding diaryl/α,β-unsaturated/α-hetero) is 1. The van der Waals surface area contributed by atoms with Gasteiger partial charge in [-0.3, -0.25) is 4.79 Å². The Labute approximate surface area is 54.8 Å². The standard InChI is InChI=1S/C8H10O/c9-8-5-4-6-2-1-3-7(6)8/h2,7H,1,3-5H2. The van der Waals surface area contributed by atoms with Crippen LogP contribution in [0.2, 0.25) is 0 Å². The first-order chi connectivity index (χ1) is 4.38. The third kappa shape index (κ3) is 0.640. The summed E-state index contributed by atoms with van der Waals surface area (Å²) in [5.41, 5.74) is 1.43. The van der Waals surface area contributed by atoms with Gasteiger partial charge in [0.05, 0.1) is 0 Å². The summed E-state index contributed by atoms with van der Waals surface area (Å²) in [5.74, 6) is 0.851. The monoisotopic (exact) mass is 122 g/mol. The second-order valence-electron chi connectivity index (χ2n) is 2.88. The van der Waals surface area contributed by atoms with Crippen molar-refractivity contribution >= 4 is 5.78 Å². The molecule has 1 nitrogen and oxygen atoms in total. The molecule has 0 aromatic rings. The average Bonchev–Trinajstić information content (AvgIpc) is 2.35. The number of fused-ring (bicyclic) bond motifs is 1. The molecule has 0 saturated heterocycles. The molecule has 1 heteroatoms. The van der Waals surface area contributed by atoms with Crippen molar-refractivity contribution in [2.45, 2.75) is 25.7 Å². The van der Waals surface area contributed by atoms with Gasteiger partial charge in [-0.1, -0.05) is 11.6 Å². The zero-order valence-electron chi connectivity index (χ0n) is 5.39. The lowest BCUT2D eigenvalue weighted by atomic mass is 10.1. The SMILES string of the molecule is O=C1CCC2=CCCC12. The van der Waals surface area contributed by atoms with E-state index >= 15 is 0 Å². The van der Waals surface area contributed by atoms with Crippen molar-refractivity contribution in [3.63, 3.8) is 0 Å². The molecule has 2 aliphatic rings. The summed E-state index contributed by atoms with van der Waals surface area (Å²) < 4.78 is 0. The molecule has 1 saturated carbocycles. The first-order valence-electron chi connectivity index (χ1n) is 3.59. The lowest BCUT2D eigenvalue weighted by Gasteiger charge is -1.98. The molecule has 0 spiro atoms. The maximum absolute atomic E-state index is 11.0. The highest BCUT2D eigenvalue weighted by molar-refractivity contribution is 5.87. The quantitative estimate of drug-likeness (QED) is 0.447. The van der Waals surface area contributed by atoms with Crippen molar-refractivity contribution in [2.24, 2.45) is 5.92 Å². The van der Waals surface area contributed by atoms with Gasteiger partial charge in [0.15, 0.2) is 0 Å². The van der Waals surface area contributed by atoms with Gasteiger partial charge in [-0.2, -0.15) is 0 Å². The topological polar surface area (TPSA) is 17.1 Å². The number of rotatable bonds is 0. The highest BCUT2D eigenvalue weighted by Gasteiger charge is 2.31. The molecule has 1 unspecified atom stereocenters. The zero-order chi connectivity index (χ0) is 6.27. The minimum atomic E-state index is 0.366. The summed E-state index contributed by atoms with van der Waals surface area (Å²) >= 11 is 0. The lowest BCUT2D eigenvalue weighted by Crippen LogP contribution is -2.03. The smallest absolute Gasteiger partial charge is 0.140 e. The molecule has 1 atom stereocenters. The first kappa shape index (κ1) is 5.21.